The Kier molecular flexibility index (Phi) is 3.05. The molecule has 2 aromatic rings. The highest BCUT2D eigenvalue weighted by atomic mass is 19.4. The molecule has 0 radical (unpaired) electrons. The number of ether oxygens (including phenoxy) is 1. The molecule has 0 aliphatic heterocycles. The number of nitrogens with zero attached hydrogens (tertiary/aromatic N) is 2. The van der Waals surface area contributed by atoms with E-state index in [4.69, 9.17) is 5.73 Å². The van der Waals surface area contributed by atoms with Gasteiger partial charge < -0.3 is 10.5 Å². The number of rotatable bonds is 2. The molecule has 2 rings (SSSR count). The number of alkyl halides is 3. The van der Waals surface area contributed by atoms with E-state index in [-0.39, 0.29) is 11.6 Å². The molecule has 0 bridgehead atoms. The number of hydrogen-bond acceptors (Lipinski definition) is 4. The van der Waals surface area contributed by atoms with Crippen LogP contribution in [0.1, 0.15) is 0 Å². The maximum absolute atomic E-state index is 12.2. The van der Waals surface area contributed by atoms with Crippen molar-refractivity contribution in [2.45, 2.75) is 6.36 Å². The van der Waals surface area contributed by atoms with Crippen molar-refractivity contribution in [3.05, 3.63) is 36.5 Å². The van der Waals surface area contributed by atoms with Gasteiger partial charge in [0.2, 0.25) is 5.95 Å². The number of aromatic nitrogens is 2. The predicted octanol–water partition coefficient (Wildman–Crippen LogP) is 2.62. The summed E-state index contributed by atoms with van der Waals surface area (Å²) in [6.45, 7) is 0. The van der Waals surface area contributed by atoms with Crippen molar-refractivity contribution in [2.75, 3.05) is 5.73 Å². The number of hydrogen-bond donors (Lipinski definition) is 1. The molecular formula is C11H8F3N3O. The standard InChI is InChI=1S/C11H8F3N3O/c12-11(13,14)18-8-6-16-10(15)17-9(8)7-4-2-1-3-5-7/h1-6H,(H2,15,16,17). The highest BCUT2D eigenvalue weighted by molar-refractivity contribution is 5.66. The lowest BCUT2D eigenvalue weighted by molar-refractivity contribution is -0.274. The topological polar surface area (TPSA) is 61.0 Å². The third kappa shape index (κ3) is 2.88. The molecule has 4 nitrogen and oxygen atoms in total. The van der Waals surface area contributed by atoms with Crippen LogP contribution in [0, 0.1) is 0 Å². The maximum Gasteiger partial charge on any atom is 0.573 e. The third-order valence-electron chi connectivity index (χ3n) is 2.05. The van der Waals surface area contributed by atoms with Gasteiger partial charge in [0.05, 0.1) is 6.20 Å². The molecule has 7 heteroatoms. The number of benzene rings is 1. The van der Waals surface area contributed by atoms with Gasteiger partial charge in [-0.15, -0.1) is 13.2 Å². The molecular weight excluding hydrogens is 247 g/mol. The highest BCUT2D eigenvalue weighted by Gasteiger charge is 2.32. The van der Waals surface area contributed by atoms with Crippen LogP contribution < -0.4 is 10.5 Å². The smallest absolute Gasteiger partial charge is 0.402 e. The van der Waals surface area contributed by atoms with Crippen LogP contribution in [-0.2, 0) is 0 Å². The van der Waals surface area contributed by atoms with Crippen LogP contribution in [0.2, 0.25) is 0 Å². The van der Waals surface area contributed by atoms with E-state index in [1.54, 1.807) is 30.3 Å². The molecule has 1 aromatic heterocycles. The van der Waals surface area contributed by atoms with Gasteiger partial charge in [0.25, 0.3) is 0 Å². The lowest BCUT2D eigenvalue weighted by Crippen LogP contribution is -2.18. The first kappa shape index (κ1) is 12.2. The minimum atomic E-state index is -4.80. The molecule has 94 valence electrons. The maximum atomic E-state index is 12.2. The Labute approximate surface area is 100 Å². The Bertz CT molecular complexity index is 543. The van der Waals surface area contributed by atoms with E-state index in [0.29, 0.717) is 5.56 Å². The van der Waals surface area contributed by atoms with E-state index < -0.39 is 12.1 Å². The summed E-state index contributed by atoms with van der Waals surface area (Å²) in [5.74, 6) is -0.605. The fraction of sp³-hybridized carbons (Fsp3) is 0.0909. The fourth-order valence-electron chi connectivity index (χ4n) is 1.39. The summed E-state index contributed by atoms with van der Waals surface area (Å²) in [6.07, 6.45) is -3.90. The quantitative estimate of drug-likeness (QED) is 0.896. The zero-order valence-corrected chi connectivity index (χ0v) is 8.98. The van der Waals surface area contributed by atoms with Crippen molar-refractivity contribution in [1.29, 1.82) is 0 Å². The summed E-state index contributed by atoms with van der Waals surface area (Å²) in [4.78, 5) is 7.26. The Morgan fingerprint density at radius 2 is 1.78 bits per heavy atom. The lowest BCUT2D eigenvalue weighted by Gasteiger charge is -2.12. The first-order valence-corrected chi connectivity index (χ1v) is 4.89. The SMILES string of the molecule is Nc1ncc(OC(F)(F)F)c(-c2ccccc2)n1. The Hall–Kier alpha value is -2.31. The average molecular weight is 255 g/mol. The van der Waals surface area contributed by atoms with Gasteiger partial charge in [0.1, 0.15) is 5.69 Å². The monoisotopic (exact) mass is 255 g/mol. The molecule has 0 spiro atoms. The molecule has 0 fully saturated rings. The molecule has 0 aliphatic carbocycles. The molecule has 0 saturated heterocycles. The third-order valence-corrected chi connectivity index (χ3v) is 2.05. The second kappa shape index (κ2) is 4.52. The van der Waals surface area contributed by atoms with Crippen LogP contribution in [0.5, 0.6) is 5.75 Å². The molecule has 0 aliphatic rings. The van der Waals surface area contributed by atoms with Crippen LogP contribution in [0.25, 0.3) is 11.3 Å². The van der Waals surface area contributed by atoms with Gasteiger partial charge >= 0.3 is 6.36 Å². The zero-order chi connectivity index (χ0) is 13.2. The minimum Gasteiger partial charge on any atom is -0.402 e. The van der Waals surface area contributed by atoms with Gasteiger partial charge in [-0.25, -0.2) is 9.97 Å². The molecule has 18 heavy (non-hydrogen) atoms. The van der Waals surface area contributed by atoms with Crippen molar-refractivity contribution in [2.24, 2.45) is 0 Å². The summed E-state index contributed by atoms with van der Waals surface area (Å²) >= 11 is 0. The van der Waals surface area contributed by atoms with Crippen LogP contribution in [-0.4, -0.2) is 16.3 Å². The van der Waals surface area contributed by atoms with Gasteiger partial charge in [-0.1, -0.05) is 30.3 Å². The zero-order valence-electron chi connectivity index (χ0n) is 8.98. The Morgan fingerprint density at radius 1 is 1.11 bits per heavy atom. The van der Waals surface area contributed by atoms with E-state index in [0.717, 1.165) is 6.20 Å². The first-order chi connectivity index (χ1) is 8.46. The van der Waals surface area contributed by atoms with Crippen molar-refractivity contribution in [1.82, 2.24) is 9.97 Å². The van der Waals surface area contributed by atoms with Crippen LogP contribution in [0.4, 0.5) is 19.1 Å². The summed E-state index contributed by atoms with van der Waals surface area (Å²) in [5.41, 5.74) is 5.83. The second-order valence-electron chi connectivity index (χ2n) is 3.35. The number of nitrogen functional groups attached to an aromatic ring is 1. The summed E-state index contributed by atoms with van der Waals surface area (Å²) in [5, 5.41) is 0. The first-order valence-electron chi connectivity index (χ1n) is 4.89. The number of nitrogens with two attached hydrogens (primary N) is 1. The molecule has 0 saturated carbocycles. The normalized spacial score (nSPS) is 11.3. The van der Waals surface area contributed by atoms with E-state index >= 15 is 0 Å². The van der Waals surface area contributed by atoms with Gasteiger partial charge in [0, 0.05) is 5.56 Å². The summed E-state index contributed by atoms with van der Waals surface area (Å²) < 4.78 is 40.5. The molecule has 0 unspecified atom stereocenters. The fourth-order valence-corrected chi connectivity index (χ4v) is 1.39. The average Bonchev–Trinajstić information content (AvgIpc) is 2.31. The molecule has 1 aromatic carbocycles. The van der Waals surface area contributed by atoms with Crippen molar-refractivity contribution in [3.8, 4) is 17.0 Å². The van der Waals surface area contributed by atoms with Gasteiger partial charge in [0.15, 0.2) is 5.75 Å². The molecule has 2 N–H and O–H groups in total. The highest BCUT2D eigenvalue weighted by Crippen LogP contribution is 2.31. The van der Waals surface area contributed by atoms with Gasteiger partial charge in [-0.2, -0.15) is 0 Å². The minimum absolute atomic E-state index is 0.000394. The van der Waals surface area contributed by atoms with Crippen LogP contribution in [0.3, 0.4) is 0 Å². The van der Waals surface area contributed by atoms with Crippen molar-refractivity contribution in [3.63, 3.8) is 0 Å². The summed E-state index contributed by atoms with van der Waals surface area (Å²) in [6, 6.07) is 8.28. The van der Waals surface area contributed by atoms with E-state index in [9.17, 15) is 13.2 Å². The Balaban J connectivity index is 2.48. The van der Waals surface area contributed by atoms with Crippen molar-refractivity contribution >= 4 is 5.95 Å². The summed E-state index contributed by atoms with van der Waals surface area (Å²) in [7, 11) is 0. The molecule has 0 amide bonds. The van der Waals surface area contributed by atoms with Gasteiger partial charge in [-0.3, -0.25) is 0 Å². The lowest BCUT2D eigenvalue weighted by atomic mass is 10.1. The van der Waals surface area contributed by atoms with Crippen LogP contribution in [0.15, 0.2) is 36.5 Å². The van der Waals surface area contributed by atoms with E-state index in [1.165, 1.54) is 0 Å². The largest absolute Gasteiger partial charge is 0.573 e. The molecule has 1 heterocycles. The Morgan fingerprint density at radius 3 is 2.39 bits per heavy atom. The van der Waals surface area contributed by atoms with E-state index in [2.05, 4.69) is 14.7 Å². The predicted molar refractivity (Wildman–Crippen MR) is 58.6 cm³/mol. The second-order valence-corrected chi connectivity index (χ2v) is 3.35. The number of anilines is 1. The number of halogens is 3. The van der Waals surface area contributed by atoms with Gasteiger partial charge in [-0.05, 0) is 0 Å². The van der Waals surface area contributed by atoms with Crippen molar-refractivity contribution < 1.29 is 17.9 Å². The molecule has 0 atom stereocenters. The van der Waals surface area contributed by atoms with Crippen LogP contribution >= 0.6 is 0 Å². The van der Waals surface area contributed by atoms with E-state index in [1.807, 2.05) is 0 Å².